The van der Waals surface area contributed by atoms with Crippen LogP contribution in [-0.2, 0) is 15.3 Å². The molecule has 2 rings (SSSR count). The van der Waals surface area contributed by atoms with E-state index in [2.05, 4.69) is 15.2 Å². The van der Waals surface area contributed by atoms with Crippen molar-refractivity contribution in [2.45, 2.75) is 25.2 Å². The summed E-state index contributed by atoms with van der Waals surface area (Å²) in [6, 6.07) is 0. The SMILES string of the molecule is CC1(c2nc(C=O)n[nH]2)CCS(=O)(=O)CC1. The van der Waals surface area contributed by atoms with Crippen molar-refractivity contribution in [2.75, 3.05) is 11.5 Å². The van der Waals surface area contributed by atoms with Crippen molar-refractivity contribution in [3.8, 4) is 0 Å². The fraction of sp³-hybridized carbons (Fsp3) is 0.667. The van der Waals surface area contributed by atoms with Crippen LogP contribution >= 0.6 is 0 Å². The molecule has 6 nitrogen and oxygen atoms in total. The van der Waals surface area contributed by atoms with Crippen LogP contribution in [0.2, 0.25) is 0 Å². The second-order valence-electron chi connectivity index (χ2n) is 4.37. The summed E-state index contributed by atoms with van der Waals surface area (Å²) in [7, 11) is -2.89. The minimum atomic E-state index is -2.89. The van der Waals surface area contributed by atoms with Crippen molar-refractivity contribution in [1.82, 2.24) is 15.2 Å². The fourth-order valence-corrected chi connectivity index (χ4v) is 3.55. The lowest BCUT2D eigenvalue weighted by Gasteiger charge is -2.30. The van der Waals surface area contributed by atoms with Gasteiger partial charge in [0.15, 0.2) is 6.29 Å². The van der Waals surface area contributed by atoms with Gasteiger partial charge in [0, 0.05) is 5.41 Å². The molecular weight excluding hydrogens is 230 g/mol. The summed E-state index contributed by atoms with van der Waals surface area (Å²) in [4.78, 5) is 14.5. The molecule has 1 saturated heterocycles. The molecule has 0 radical (unpaired) electrons. The van der Waals surface area contributed by atoms with E-state index >= 15 is 0 Å². The number of aldehydes is 1. The van der Waals surface area contributed by atoms with Crippen molar-refractivity contribution >= 4 is 16.1 Å². The zero-order valence-electron chi connectivity index (χ0n) is 8.93. The summed E-state index contributed by atoms with van der Waals surface area (Å²) < 4.78 is 22.7. The van der Waals surface area contributed by atoms with Gasteiger partial charge in [-0.15, -0.1) is 0 Å². The summed E-state index contributed by atoms with van der Waals surface area (Å²) in [6.45, 7) is 1.94. The van der Waals surface area contributed by atoms with E-state index in [4.69, 9.17) is 0 Å². The lowest BCUT2D eigenvalue weighted by Crippen LogP contribution is -2.35. The molecule has 1 aromatic heterocycles. The third-order valence-electron chi connectivity index (χ3n) is 3.11. The molecule has 0 atom stereocenters. The predicted molar refractivity (Wildman–Crippen MR) is 57.0 cm³/mol. The number of hydrogen-bond acceptors (Lipinski definition) is 5. The Morgan fingerprint density at radius 1 is 1.38 bits per heavy atom. The van der Waals surface area contributed by atoms with E-state index in [1.807, 2.05) is 6.92 Å². The van der Waals surface area contributed by atoms with Gasteiger partial charge in [0.25, 0.3) is 0 Å². The molecule has 0 bridgehead atoms. The topological polar surface area (TPSA) is 92.8 Å². The number of carbonyl (C=O) groups is 1. The summed E-state index contributed by atoms with van der Waals surface area (Å²) >= 11 is 0. The number of aromatic amines is 1. The Morgan fingerprint density at radius 2 is 2.00 bits per heavy atom. The molecule has 1 aliphatic rings. The summed E-state index contributed by atoms with van der Waals surface area (Å²) in [5.74, 6) is 1.05. The molecule has 1 N–H and O–H groups in total. The predicted octanol–water partition coefficient (Wildman–Crippen LogP) is 0.0835. The molecule has 0 amide bonds. The molecule has 1 aromatic rings. The van der Waals surface area contributed by atoms with Gasteiger partial charge in [-0.25, -0.2) is 13.4 Å². The first-order valence-corrected chi connectivity index (χ1v) is 6.86. The maximum atomic E-state index is 11.3. The van der Waals surface area contributed by atoms with Crippen LogP contribution in [0.4, 0.5) is 0 Å². The molecule has 88 valence electrons. The minimum Gasteiger partial charge on any atom is -0.294 e. The average molecular weight is 243 g/mol. The van der Waals surface area contributed by atoms with Crippen molar-refractivity contribution in [1.29, 1.82) is 0 Å². The highest BCUT2D eigenvalue weighted by Gasteiger charge is 2.37. The van der Waals surface area contributed by atoms with Crippen LogP contribution in [0.3, 0.4) is 0 Å². The quantitative estimate of drug-likeness (QED) is 0.743. The highest BCUT2D eigenvalue weighted by Crippen LogP contribution is 2.33. The first-order chi connectivity index (χ1) is 7.45. The normalized spacial score (nSPS) is 22.8. The molecular formula is C9H13N3O3S. The van der Waals surface area contributed by atoms with Gasteiger partial charge in [-0.3, -0.25) is 9.89 Å². The van der Waals surface area contributed by atoms with Gasteiger partial charge in [0.05, 0.1) is 11.5 Å². The molecule has 0 spiro atoms. The minimum absolute atomic E-state index is 0.115. The number of hydrogen-bond donors (Lipinski definition) is 1. The first kappa shape index (κ1) is 11.3. The second-order valence-corrected chi connectivity index (χ2v) is 6.68. The Hall–Kier alpha value is -1.24. The van der Waals surface area contributed by atoms with E-state index in [1.54, 1.807) is 0 Å². The van der Waals surface area contributed by atoms with E-state index in [0.717, 1.165) is 0 Å². The molecule has 0 aliphatic carbocycles. The third kappa shape index (κ3) is 1.99. The molecule has 1 fully saturated rings. The Kier molecular flexibility index (Phi) is 2.57. The largest absolute Gasteiger partial charge is 0.294 e. The summed E-state index contributed by atoms with van der Waals surface area (Å²) in [5, 5.41) is 6.44. The maximum Gasteiger partial charge on any atom is 0.214 e. The molecule has 0 unspecified atom stereocenters. The van der Waals surface area contributed by atoms with Crippen molar-refractivity contribution < 1.29 is 13.2 Å². The lowest BCUT2D eigenvalue weighted by atomic mass is 9.83. The summed E-state index contributed by atoms with van der Waals surface area (Å²) in [5.41, 5.74) is -0.320. The standard InChI is InChI=1S/C9H13N3O3S/c1-9(2-4-16(14,15)5-3-9)8-10-7(6-13)11-12-8/h6H,2-5H2,1H3,(H,10,11,12). The van der Waals surface area contributed by atoms with Gasteiger partial charge >= 0.3 is 0 Å². The third-order valence-corrected chi connectivity index (χ3v) is 4.76. The van der Waals surface area contributed by atoms with Crippen LogP contribution < -0.4 is 0 Å². The monoisotopic (exact) mass is 243 g/mol. The van der Waals surface area contributed by atoms with Gasteiger partial charge in [0.1, 0.15) is 15.7 Å². The fourth-order valence-electron chi connectivity index (χ4n) is 1.82. The molecule has 7 heteroatoms. The smallest absolute Gasteiger partial charge is 0.214 e. The number of nitrogens with zero attached hydrogens (tertiary/aromatic N) is 2. The Morgan fingerprint density at radius 3 is 2.50 bits per heavy atom. The van der Waals surface area contributed by atoms with Gasteiger partial charge < -0.3 is 0 Å². The highest BCUT2D eigenvalue weighted by atomic mass is 32.2. The second kappa shape index (κ2) is 3.65. The number of nitrogens with one attached hydrogen (secondary N) is 1. The number of H-pyrrole nitrogens is 1. The van der Waals surface area contributed by atoms with Crippen LogP contribution in [0, 0.1) is 0 Å². The van der Waals surface area contributed by atoms with Crippen LogP contribution in [-0.4, -0.2) is 41.4 Å². The number of sulfone groups is 1. The van der Waals surface area contributed by atoms with Crippen molar-refractivity contribution in [2.24, 2.45) is 0 Å². The number of carbonyl (C=O) groups excluding carboxylic acids is 1. The van der Waals surface area contributed by atoms with E-state index in [-0.39, 0.29) is 22.7 Å². The number of rotatable bonds is 2. The molecule has 2 heterocycles. The highest BCUT2D eigenvalue weighted by molar-refractivity contribution is 7.91. The van der Waals surface area contributed by atoms with Gasteiger partial charge in [0.2, 0.25) is 5.82 Å². The Bertz CT molecular complexity index is 492. The van der Waals surface area contributed by atoms with Gasteiger partial charge in [-0.2, -0.15) is 5.10 Å². The molecule has 1 aliphatic heterocycles. The van der Waals surface area contributed by atoms with Crippen molar-refractivity contribution in [3.63, 3.8) is 0 Å². The average Bonchev–Trinajstić information content (AvgIpc) is 2.72. The van der Waals surface area contributed by atoms with E-state index in [9.17, 15) is 13.2 Å². The van der Waals surface area contributed by atoms with Gasteiger partial charge in [-0.1, -0.05) is 6.92 Å². The zero-order valence-corrected chi connectivity index (χ0v) is 9.75. The number of aromatic nitrogens is 3. The zero-order chi connectivity index (χ0) is 11.8. The van der Waals surface area contributed by atoms with Crippen molar-refractivity contribution in [3.05, 3.63) is 11.6 Å². The van der Waals surface area contributed by atoms with Gasteiger partial charge in [-0.05, 0) is 12.8 Å². The van der Waals surface area contributed by atoms with E-state index in [0.29, 0.717) is 25.0 Å². The molecule has 0 aromatic carbocycles. The molecule has 16 heavy (non-hydrogen) atoms. The Balaban J connectivity index is 2.24. The van der Waals surface area contributed by atoms with Crippen LogP contribution in [0.5, 0.6) is 0 Å². The maximum absolute atomic E-state index is 11.3. The van der Waals surface area contributed by atoms with Crippen LogP contribution in [0.1, 0.15) is 36.2 Å². The molecule has 0 saturated carbocycles. The van der Waals surface area contributed by atoms with E-state index < -0.39 is 9.84 Å². The van der Waals surface area contributed by atoms with Crippen LogP contribution in [0.25, 0.3) is 0 Å². The van der Waals surface area contributed by atoms with Crippen LogP contribution in [0.15, 0.2) is 0 Å². The van der Waals surface area contributed by atoms with E-state index in [1.165, 1.54) is 0 Å². The lowest BCUT2D eigenvalue weighted by molar-refractivity contribution is 0.111. The summed E-state index contributed by atoms with van der Waals surface area (Å²) in [6.07, 6.45) is 1.61. The Labute approximate surface area is 93.4 Å². The first-order valence-electron chi connectivity index (χ1n) is 5.04.